The van der Waals surface area contributed by atoms with Crippen LogP contribution in [0.1, 0.15) is 0 Å². The predicted molar refractivity (Wildman–Crippen MR) is 270 cm³/mol. The number of rotatable bonds is 10. The van der Waals surface area contributed by atoms with E-state index in [1.165, 1.54) is 64.8 Å². The van der Waals surface area contributed by atoms with Gasteiger partial charge in [-0.05, 0) is 110 Å². The Balaban J connectivity index is 1.06. The largest absolute Gasteiger partial charge is 0.311 e. The van der Waals surface area contributed by atoms with E-state index in [0.717, 1.165) is 22.7 Å². The van der Waals surface area contributed by atoms with Crippen molar-refractivity contribution in [2.45, 2.75) is 0 Å². The minimum atomic E-state index is -2.78. The molecule has 2 nitrogen and oxygen atoms in total. The lowest BCUT2D eigenvalue weighted by atomic mass is 10.0. The average Bonchev–Trinajstić information content (AvgIpc) is 3.70. The molecule has 0 saturated carbocycles. The van der Waals surface area contributed by atoms with Gasteiger partial charge in [-0.15, -0.1) is 0 Å². The summed E-state index contributed by atoms with van der Waals surface area (Å²) in [6.45, 7) is 0. The van der Waals surface area contributed by atoms with Crippen LogP contribution in [0.15, 0.2) is 267 Å². The molecule has 10 aromatic carbocycles. The molecule has 0 aliphatic heterocycles. The fourth-order valence-electron chi connectivity index (χ4n) is 9.63. The summed E-state index contributed by atoms with van der Waals surface area (Å²) in [6, 6.07) is 97.8. The van der Waals surface area contributed by atoms with E-state index in [9.17, 15) is 0 Å². The highest BCUT2D eigenvalue weighted by Gasteiger charge is 2.41. The molecule has 1 aromatic heterocycles. The molecule has 0 aliphatic rings. The van der Waals surface area contributed by atoms with Gasteiger partial charge in [0.05, 0.1) is 11.0 Å². The quantitative estimate of drug-likeness (QED) is 0.0985. The van der Waals surface area contributed by atoms with Gasteiger partial charge >= 0.3 is 0 Å². The SMILES string of the molecule is c1ccc(-c2ccc(N(c3ccc(-c4ccc5c(c4)c4ccccc4n5-c4ccccc4)cc3)c3cccc([Si](c4ccccc4)(c4ccccc4)c4ccccc4)c3)cc2)cc1. The molecule has 63 heavy (non-hydrogen) atoms. The Morgan fingerprint density at radius 1 is 0.270 bits per heavy atom. The number of benzene rings is 10. The molecule has 0 bridgehead atoms. The van der Waals surface area contributed by atoms with Gasteiger partial charge in [-0.1, -0.05) is 200 Å². The molecular formula is C60H44N2Si. The zero-order valence-corrected chi connectivity index (χ0v) is 35.8. The molecule has 0 amide bonds. The first-order valence-electron chi connectivity index (χ1n) is 21.7. The molecule has 11 rings (SSSR count). The number of hydrogen-bond acceptors (Lipinski definition) is 1. The first-order valence-corrected chi connectivity index (χ1v) is 23.7. The minimum absolute atomic E-state index is 1.09. The van der Waals surface area contributed by atoms with Crippen LogP contribution in [0.25, 0.3) is 49.7 Å². The van der Waals surface area contributed by atoms with Gasteiger partial charge in [0.1, 0.15) is 0 Å². The lowest BCUT2D eigenvalue weighted by Gasteiger charge is -2.35. The van der Waals surface area contributed by atoms with Gasteiger partial charge in [0.15, 0.2) is 8.07 Å². The molecule has 3 heteroatoms. The Morgan fingerprint density at radius 3 is 1.27 bits per heavy atom. The maximum absolute atomic E-state index is 2.78. The van der Waals surface area contributed by atoms with Crippen molar-refractivity contribution in [1.82, 2.24) is 4.57 Å². The van der Waals surface area contributed by atoms with Crippen LogP contribution in [0.3, 0.4) is 0 Å². The van der Waals surface area contributed by atoms with Crippen LogP contribution >= 0.6 is 0 Å². The smallest absolute Gasteiger partial charge is 0.179 e. The van der Waals surface area contributed by atoms with Crippen LogP contribution in [0.4, 0.5) is 17.1 Å². The highest BCUT2D eigenvalue weighted by Crippen LogP contribution is 2.39. The summed E-state index contributed by atoms with van der Waals surface area (Å²) in [7, 11) is -2.78. The predicted octanol–water partition coefficient (Wildman–Crippen LogP) is 13.0. The zero-order chi connectivity index (χ0) is 42.0. The van der Waals surface area contributed by atoms with Gasteiger partial charge in [0, 0.05) is 33.5 Å². The molecule has 1 heterocycles. The van der Waals surface area contributed by atoms with E-state index in [0.29, 0.717) is 0 Å². The second-order valence-electron chi connectivity index (χ2n) is 16.1. The van der Waals surface area contributed by atoms with E-state index in [-0.39, 0.29) is 0 Å². The fraction of sp³-hybridized carbons (Fsp3) is 0. The Kier molecular flexibility index (Phi) is 9.93. The van der Waals surface area contributed by atoms with Crippen LogP contribution in [0.5, 0.6) is 0 Å². The number of nitrogens with zero attached hydrogens (tertiary/aromatic N) is 2. The lowest BCUT2D eigenvalue weighted by molar-refractivity contribution is 1.18. The second-order valence-corrected chi connectivity index (χ2v) is 19.9. The highest BCUT2D eigenvalue weighted by atomic mass is 28.3. The molecular weight excluding hydrogens is 777 g/mol. The summed E-state index contributed by atoms with van der Waals surface area (Å²) in [6.07, 6.45) is 0. The van der Waals surface area contributed by atoms with Crippen LogP contribution in [0.2, 0.25) is 0 Å². The van der Waals surface area contributed by atoms with E-state index in [1.54, 1.807) is 0 Å². The summed E-state index contributed by atoms with van der Waals surface area (Å²) >= 11 is 0. The first-order chi connectivity index (χ1) is 31.3. The van der Waals surface area contributed by atoms with Crippen LogP contribution in [0, 0.1) is 0 Å². The Hall–Kier alpha value is -7.98. The molecule has 0 unspecified atom stereocenters. The lowest BCUT2D eigenvalue weighted by Crippen LogP contribution is -2.74. The number of para-hydroxylation sites is 2. The molecule has 0 radical (unpaired) electrons. The molecule has 0 atom stereocenters. The molecule has 0 saturated heterocycles. The normalized spacial score (nSPS) is 11.5. The summed E-state index contributed by atoms with van der Waals surface area (Å²) < 4.78 is 2.37. The van der Waals surface area contributed by atoms with Crippen molar-refractivity contribution in [3.63, 3.8) is 0 Å². The molecule has 11 aromatic rings. The van der Waals surface area contributed by atoms with Crippen molar-refractivity contribution in [2.75, 3.05) is 4.90 Å². The van der Waals surface area contributed by atoms with Crippen LogP contribution < -0.4 is 25.6 Å². The third kappa shape index (κ3) is 6.86. The Bertz CT molecular complexity index is 3200. The van der Waals surface area contributed by atoms with E-state index >= 15 is 0 Å². The molecule has 0 spiro atoms. The maximum atomic E-state index is 2.45. The van der Waals surface area contributed by atoms with Crippen molar-refractivity contribution in [2.24, 2.45) is 0 Å². The molecule has 298 valence electrons. The average molecular weight is 821 g/mol. The van der Waals surface area contributed by atoms with E-state index < -0.39 is 8.07 Å². The monoisotopic (exact) mass is 820 g/mol. The third-order valence-corrected chi connectivity index (χ3v) is 17.3. The molecule has 0 fully saturated rings. The van der Waals surface area contributed by atoms with E-state index in [2.05, 4.69) is 276 Å². The van der Waals surface area contributed by atoms with Gasteiger partial charge in [0.2, 0.25) is 0 Å². The summed E-state index contributed by atoms with van der Waals surface area (Å²) in [4.78, 5) is 2.42. The number of fused-ring (bicyclic) bond motifs is 3. The van der Waals surface area contributed by atoms with E-state index in [1.807, 2.05) is 0 Å². The highest BCUT2D eigenvalue weighted by molar-refractivity contribution is 7.19. The Labute approximate surface area is 370 Å². The number of aromatic nitrogens is 1. The van der Waals surface area contributed by atoms with Crippen molar-refractivity contribution < 1.29 is 0 Å². The van der Waals surface area contributed by atoms with Crippen molar-refractivity contribution in [3.8, 4) is 27.9 Å². The van der Waals surface area contributed by atoms with Crippen molar-refractivity contribution in [3.05, 3.63) is 267 Å². The number of anilines is 3. The fourth-order valence-corrected chi connectivity index (χ4v) is 14.4. The standard InChI is InChI=1S/C60H44N2Si/c1-6-19-45(20-7-1)46-33-38-50(39-34-46)61(52-23-18-30-56(44-52)63(53-24-10-3-11-25-53,54-26-12-4-13-27-54)55-28-14-5-15-29-55)51-40-35-47(36-41-51)48-37-42-60-58(43-48)57-31-16-17-32-59(57)62(60)49-21-8-2-9-22-49/h1-44H. The second kappa shape index (κ2) is 16.5. The van der Waals surface area contributed by atoms with Crippen molar-refractivity contribution in [1.29, 1.82) is 0 Å². The van der Waals surface area contributed by atoms with Gasteiger partial charge in [-0.3, -0.25) is 0 Å². The topological polar surface area (TPSA) is 8.17 Å². The molecule has 0 N–H and O–H groups in total. The first kappa shape index (κ1) is 38.0. The Morgan fingerprint density at radius 2 is 0.698 bits per heavy atom. The zero-order valence-electron chi connectivity index (χ0n) is 34.8. The minimum Gasteiger partial charge on any atom is -0.311 e. The van der Waals surface area contributed by atoms with Crippen LogP contribution in [-0.4, -0.2) is 12.6 Å². The third-order valence-electron chi connectivity index (χ3n) is 12.5. The van der Waals surface area contributed by atoms with Gasteiger partial charge in [-0.25, -0.2) is 0 Å². The van der Waals surface area contributed by atoms with E-state index in [4.69, 9.17) is 0 Å². The van der Waals surface area contributed by atoms with Gasteiger partial charge in [0.25, 0.3) is 0 Å². The van der Waals surface area contributed by atoms with Gasteiger partial charge in [-0.2, -0.15) is 0 Å². The van der Waals surface area contributed by atoms with Crippen molar-refractivity contribution >= 4 is 67.7 Å². The van der Waals surface area contributed by atoms with Gasteiger partial charge < -0.3 is 9.47 Å². The summed E-state index contributed by atoms with van der Waals surface area (Å²) in [5.41, 5.74) is 11.6. The maximum Gasteiger partial charge on any atom is 0.179 e. The number of hydrogen-bond donors (Lipinski definition) is 0. The summed E-state index contributed by atoms with van der Waals surface area (Å²) in [5, 5.41) is 7.88. The summed E-state index contributed by atoms with van der Waals surface area (Å²) in [5.74, 6) is 0. The van der Waals surface area contributed by atoms with Crippen LogP contribution in [-0.2, 0) is 0 Å². The molecule has 0 aliphatic carbocycles.